The molecule has 1 saturated heterocycles. The van der Waals surface area contributed by atoms with Crippen molar-refractivity contribution >= 4 is 10.9 Å². The molecule has 3 aromatic heterocycles. The zero-order valence-corrected chi connectivity index (χ0v) is 23.3. The van der Waals surface area contributed by atoms with Gasteiger partial charge in [0.05, 0.1) is 24.8 Å². The van der Waals surface area contributed by atoms with E-state index in [1.54, 1.807) is 23.9 Å². The number of pyridine rings is 3. The van der Waals surface area contributed by atoms with E-state index in [0.717, 1.165) is 80.7 Å². The maximum Gasteiger partial charge on any atom is 0.250 e. The van der Waals surface area contributed by atoms with Gasteiger partial charge in [-0.25, -0.2) is 0 Å². The van der Waals surface area contributed by atoms with Gasteiger partial charge in [0, 0.05) is 82.6 Å². The molecule has 4 heterocycles. The Bertz CT molecular complexity index is 1390. The summed E-state index contributed by atoms with van der Waals surface area (Å²) in [5, 5.41) is 1.00. The standard InChI is InChI=1S/C32H39N5O3/c1-35-31-9-8-30(21-28(31)7-10-32(35)38)39-20-4-15-37(24-26-5-2-13-33-22-26)19-18-36-16-11-29(12-17-36)40-25-27-6-3-14-34-23-27/h2-3,5-10,13-14,21-23,29H,4,11-12,15-20,24-25H2,1H3. The van der Waals surface area contributed by atoms with E-state index in [1.165, 1.54) is 5.56 Å². The Balaban J connectivity index is 1.08. The summed E-state index contributed by atoms with van der Waals surface area (Å²) < 4.78 is 13.9. The monoisotopic (exact) mass is 541 g/mol. The summed E-state index contributed by atoms with van der Waals surface area (Å²) in [5.74, 6) is 0.832. The lowest BCUT2D eigenvalue weighted by Gasteiger charge is -2.33. The van der Waals surface area contributed by atoms with E-state index in [2.05, 4.69) is 31.9 Å². The van der Waals surface area contributed by atoms with Crippen LogP contribution in [0.1, 0.15) is 30.4 Å². The van der Waals surface area contributed by atoms with Crippen molar-refractivity contribution in [3.8, 4) is 5.75 Å². The van der Waals surface area contributed by atoms with Crippen molar-refractivity contribution in [3.05, 3.63) is 101 Å². The van der Waals surface area contributed by atoms with Crippen molar-refractivity contribution in [3.63, 3.8) is 0 Å². The number of ether oxygens (including phenoxy) is 2. The second-order valence-corrected chi connectivity index (χ2v) is 10.5. The molecule has 0 radical (unpaired) electrons. The third kappa shape index (κ3) is 7.97. The number of benzene rings is 1. The Kier molecular flexibility index (Phi) is 9.90. The molecule has 210 valence electrons. The molecule has 1 aliphatic heterocycles. The minimum absolute atomic E-state index is 0.00610. The molecule has 0 bridgehead atoms. The normalized spacial score (nSPS) is 14.7. The van der Waals surface area contributed by atoms with E-state index < -0.39 is 0 Å². The lowest BCUT2D eigenvalue weighted by molar-refractivity contribution is -0.00407. The Morgan fingerprint density at radius 3 is 2.48 bits per heavy atom. The van der Waals surface area contributed by atoms with E-state index >= 15 is 0 Å². The van der Waals surface area contributed by atoms with Crippen LogP contribution in [-0.4, -0.2) is 69.8 Å². The average molecular weight is 542 g/mol. The smallest absolute Gasteiger partial charge is 0.250 e. The predicted molar refractivity (Wildman–Crippen MR) is 157 cm³/mol. The van der Waals surface area contributed by atoms with Crippen LogP contribution in [0.2, 0.25) is 0 Å². The molecule has 5 rings (SSSR count). The second kappa shape index (κ2) is 14.2. The third-order valence-electron chi connectivity index (χ3n) is 7.59. The summed E-state index contributed by atoms with van der Waals surface area (Å²) in [4.78, 5) is 25.4. The van der Waals surface area contributed by atoms with Crippen LogP contribution < -0.4 is 10.3 Å². The van der Waals surface area contributed by atoms with Gasteiger partial charge in [0.25, 0.3) is 5.56 Å². The number of likely N-dealkylation sites (tertiary alicyclic amines) is 1. The zero-order chi connectivity index (χ0) is 27.6. The number of fused-ring (bicyclic) bond motifs is 1. The van der Waals surface area contributed by atoms with E-state index in [1.807, 2.05) is 55.0 Å². The number of rotatable bonds is 13. The van der Waals surface area contributed by atoms with Gasteiger partial charge < -0.3 is 18.9 Å². The summed E-state index contributed by atoms with van der Waals surface area (Å²) in [6.45, 7) is 7.27. The van der Waals surface area contributed by atoms with Crippen molar-refractivity contribution in [2.75, 3.05) is 39.3 Å². The molecule has 0 atom stereocenters. The molecule has 1 aromatic carbocycles. The third-order valence-corrected chi connectivity index (χ3v) is 7.59. The van der Waals surface area contributed by atoms with Crippen LogP contribution in [-0.2, 0) is 24.9 Å². The lowest BCUT2D eigenvalue weighted by Crippen LogP contribution is -2.41. The van der Waals surface area contributed by atoms with Gasteiger partial charge in [-0.3, -0.25) is 19.7 Å². The van der Waals surface area contributed by atoms with Crippen LogP contribution in [0, 0.1) is 0 Å². The fraction of sp³-hybridized carbons (Fsp3) is 0.406. The maximum absolute atomic E-state index is 11.9. The number of aryl methyl sites for hydroxylation is 1. The number of piperidine rings is 1. The van der Waals surface area contributed by atoms with Crippen LogP contribution in [0.4, 0.5) is 0 Å². The predicted octanol–water partition coefficient (Wildman–Crippen LogP) is 4.28. The molecule has 8 nitrogen and oxygen atoms in total. The lowest BCUT2D eigenvalue weighted by atomic mass is 10.1. The fourth-order valence-corrected chi connectivity index (χ4v) is 5.23. The van der Waals surface area contributed by atoms with E-state index in [-0.39, 0.29) is 5.56 Å². The summed E-state index contributed by atoms with van der Waals surface area (Å²) in [6.07, 6.45) is 10.8. The Morgan fingerprint density at radius 1 is 0.950 bits per heavy atom. The number of nitrogens with zero attached hydrogens (tertiary/aromatic N) is 5. The second-order valence-electron chi connectivity index (χ2n) is 10.5. The van der Waals surface area contributed by atoms with Crippen molar-refractivity contribution in [1.82, 2.24) is 24.3 Å². The SMILES string of the molecule is Cn1c(=O)ccc2cc(OCCCN(CCN3CCC(OCc4cccnc4)CC3)Cc3cccnc3)ccc21. The van der Waals surface area contributed by atoms with Crippen LogP contribution in [0.3, 0.4) is 0 Å². The van der Waals surface area contributed by atoms with E-state index in [4.69, 9.17) is 9.47 Å². The van der Waals surface area contributed by atoms with Crippen LogP contribution in [0.25, 0.3) is 10.9 Å². The summed E-state index contributed by atoms with van der Waals surface area (Å²) in [6, 6.07) is 17.5. The molecule has 0 spiro atoms. The fourth-order valence-electron chi connectivity index (χ4n) is 5.23. The Labute approximate surface area is 236 Å². The van der Waals surface area contributed by atoms with Gasteiger partial charge in [0.2, 0.25) is 0 Å². The van der Waals surface area contributed by atoms with Crippen LogP contribution in [0.15, 0.2) is 84.2 Å². The molecule has 1 aliphatic rings. The molecular weight excluding hydrogens is 502 g/mol. The highest BCUT2D eigenvalue weighted by atomic mass is 16.5. The highest BCUT2D eigenvalue weighted by Crippen LogP contribution is 2.20. The first-order chi connectivity index (χ1) is 19.6. The van der Waals surface area contributed by atoms with Gasteiger partial charge in [-0.15, -0.1) is 0 Å². The number of aromatic nitrogens is 3. The first-order valence-corrected chi connectivity index (χ1v) is 14.2. The number of hydrogen-bond donors (Lipinski definition) is 0. The molecule has 8 heteroatoms. The molecule has 40 heavy (non-hydrogen) atoms. The van der Waals surface area contributed by atoms with Gasteiger partial charge >= 0.3 is 0 Å². The first kappa shape index (κ1) is 28.0. The van der Waals surface area contributed by atoms with Crippen molar-refractivity contribution < 1.29 is 9.47 Å². The molecular formula is C32H39N5O3. The summed E-state index contributed by atoms with van der Waals surface area (Å²) in [7, 11) is 1.79. The molecule has 1 fully saturated rings. The van der Waals surface area contributed by atoms with Gasteiger partial charge in [-0.1, -0.05) is 12.1 Å². The first-order valence-electron chi connectivity index (χ1n) is 14.2. The molecule has 0 amide bonds. The van der Waals surface area contributed by atoms with Gasteiger partial charge in [-0.05, 0) is 66.8 Å². The minimum atomic E-state index is -0.00610. The highest BCUT2D eigenvalue weighted by molar-refractivity contribution is 5.80. The number of hydrogen-bond acceptors (Lipinski definition) is 7. The quantitative estimate of drug-likeness (QED) is 0.234. The molecule has 4 aromatic rings. The van der Waals surface area contributed by atoms with E-state index in [0.29, 0.717) is 19.3 Å². The zero-order valence-electron chi connectivity index (χ0n) is 23.3. The molecule has 0 N–H and O–H groups in total. The topological polar surface area (TPSA) is 72.7 Å². The van der Waals surface area contributed by atoms with Crippen molar-refractivity contribution in [1.29, 1.82) is 0 Å². The largest absolute Gasteiger partial charge is 0.494 e. The highest BCUT2D eigenvalue weighted by Gasteiger charge is 2.20. The molecule has 0 aliphatic carbocycles. The van der Waals surface area contributed by atoms with E-state index in [9.17, 15) is 4.79 Å². The van der Waals surface area contributed by atoms with Crippen LogP contribution in [0.5, 0.6) is 5.75 Å². The van der Waals surface area contributed by atoms with Gasteiger partial charge in [0.1, 0.15) is 5.75 Å². The average Bonchev–Trinajstić information content (AvgIpc) is 3.00. The minimum Gasteiger partial charge on any atom is -0.494 e. The summed E-state index contributed by atoms with van der Waals surface area (Å²) in [5.41, 5.74) is 3.26. The maximum atomic E-state index is 11.9. The summed E-state index contributed by atoms with van der Waals surface area (Å²) >= 11 is 0. The Hall–Kier alpha value is -3.59. The van der Waals surface area contributed by atoms with Gasteiger partial charge in [0.15, 0.2) is 0 Å². The molecule has 0 unspecified atom stereocenters. The molecule has 0 saturated carbocycles. The van der Waals surface area contributed by atoms with Crippen molar-refractivity contribution in [2.24, 2.45) is 7.05 Å². The van der Waals surface area contributed by atoms with Gasteiger partial charge in [-0.2, -0.15) is 0 Å². The Morgan fingerprint density at radius 2 is 1.73 bits per heavy atom. The van der Waals surface area contributed by atoms with Crippen LogP contribution >= 0.6 is 0 Å². The van der Waals surface area contributed by atoms with Crippen molar-refractivity contribution in [2.45, 2.75) is 38.5 Å².